The van der Waals surface area contributed by atoms with Gasteiger partial charge in [0, 0.05) is 67.0 Å². The van der Waals surface area contributed by atoms with Crippen LogP contribution in [0.1, 0.15) is 163 Å². The van der Waals surface area contributed by atoms with Crippen LogP contribution in [0.3, 0.4) is 0 Å². The molecule has 2 aromatic heterocycles. The molecule has 0 radical (unpaired) electrons. The summed E-state index contributed by atoms with van der Waals surface area (Å²) in [7, 11) is 0. The SMILES string of the molecule is CC1CC(c2cc3[nH]c(C4CCCN4C(=O)[C@@H](OC(N)=O)C4CCCC4)nc3cc2F)N(c2cc(F)c(N3CCC(c4ccccc4)CC3)c(F)c2)[C@@]1(C)c1cc2[nH]c(C3CCCN3C(=O)[C@@H](OC(N)=O)C3CCCC3)nc2cc1F. The Balaban J connectivity index is 0.905. The predicted molar refractivity (Wildman–Crippen MR) is 296 cm³/mol. The molecule has 0 spiro atoms. The lowest BCUT2D eigenvalue weighted by Crippen LogP contribution is -2.45. The lowest BCUT2D eigenvalue weighted by Gasteiger charge is -2.43. The Morgan fingerprint density at radius 3 is 1.64 bits per heavy atom. The number of aromatic amines is 2. The molecule has 2 saturated carbocycles. The summed E-state index contributed by atoms with van der Waals surface area (Å²) in [6, 6.07) is 16.6. The number of ether oxygens (including phenoxy) is 2. The summed E-state index contributed by atoms with van der Waals surface area (Å²) in [4.78, 5) is 75.8. The van der Waals surface area contributed by atoms with Crippen LogP contribution in [0.5, 0.6) is 0 Å². The molecule has 6 aliphatic rings. The van der Waals surface area contributed by atoms with Crippen LogP contribution < -0.4 is 21.3 Å². The molecule has 428 valence electrons. The number of hydrogen-bond acceptors (Lipinski definition) is 10. The lowest BCUT2D eigenvalue weighted by atomic mass is 9.80. The third-order valence-electron chi connectivity index (χ3n) is 19.2. The fourth-order valence-electron chi connectivity index (χ4n) is 15.0. The van der Waals surface area contributed by atoms with Crippen molar-refractivity contribution in [2.45, 2.75) is 152 Å². The standard InChI is InChI=1S/C61H70F4N10O6/c1-33-26-51(39-29-45-47(31-41(39)62)70-55(68-45)49-18-10-22-73(49)57(76)53(80-59(66)78)36-14-6-7-15-36)75(38-27-43(64)52(44(65)28-38)72-24-20-35(21-25-72)34-12-4-3-5-13-34)61(33,2)40-30-46-48(32-42(40)63)71-56(69-46)50-19-11-23-74(50)58(77)54(81-60(67)79)37-16-8-9-17-37/h3-5,12-13,27-33,35-37,49-51,53-54H,6-11,14-26H2,1-2H3,(H2,66,78)(H2,67,79)(H,68,70)(H,69,71)/t33?,49?,50?,51?,53-,54-,61+/m0/s1. The first-order chi connectivity index (χ1) is 39.0. The summed E-state index contributed by atoms with van der Waals surface area (Å²) < 4.78 is 79.9. The van der Waals surface area contributed by atoms with Crippen LogP contribution in [-0.2, 0) is 24.6 Å². The van der Waals surface area contributed by atoms with Crippen LogP contribution in [0.2, 0.25) is 0 Å². The molecule has 4 unspecified atom stereocenters. The maximum atomic E-state index is 17.4. The van der Waals surface area contributed by atoms with Gasteiger partial charge in [0.25, 0.3) is 11.8 Å². The highest BCUT2D eigenvalue weighted by Gasteiger charge is 2.53. The van der Waals surface area contributed by atoms with Gasteiger partial charge < -0.3 is 50.5 Å². The van der Waals surface area contributed by atoms with Gasteiger partial charge in [0.1, 0.15) is 29.0 Å². The number of aromatic nitrogens is 4. The summed E-state index contributed by atoms with van der Waals surface area (Å²) in [6.45, 7) is 5.37. The number of nitrogens with two attached hydrogens (primary N) is 2. The van der Waals surface area contributed by atoms with E-state index in [1.165, 1.54) is 29.8 Å². The molecule has 6 heterocycles. The van der Waals surface area contributed by atoms with Crippen molar-refractivity contribution in [2.75, 3.05) is 36.0 Å². The number of amides is 4. The van der Waals surface area contributed by atoms with Crippen LogP contribution in [0.15, 0.2) is 66.7 Å². The monoisotopic (exact) mass is 1110 g/mol. The van der Waals surface area contributed by atoms with Crippen LogP contribution >= 0.6 is 0 Å². The van der Waals surface area contributed by atoms with Crippen molar-refractivity contribution in [1.29, 1.82) is 0 Å². The highest BCUT2D eigenvalue weighted by molar-refractivity contribution is 5.86. The van der Waals surface area contributed by atoms with Crippen LogP contribution in [0.25, 0.3) is 22.1 Å². The van der Waals surface area contributed by atoms with E-state index >= 15 is 17.6 Å². The van der Waals surface area contributed by atoms with E-state index < -0.39 is 77.2 Å². The summed E-state index contributed by atoms with van der Waals surface area (Å²) >= 11 is 0. The fourth-order valence-corrected chi connectivity index (χ4v) is 15.0. The number of nitrogens with zero attached hydrogens (tertiary/aromatic N) is 6. The first kappa shape index (κ1) is 54.2. The molecule has 4 aliphatic heterocycles. The van der Waals surface area contributed by atoms with Crippen molar-refractivity contribution in [3.8, 4) is 0 Å². The molecule has 7 atom stereocenters. The molecule has 16 nitrogen and oxygen atoms in total. The molecule has 12 rings (SSSR count). The molecule has 4 amide bonds. The van der Waals surface area contributed by atoms with Gasteiger partial charge in [-0.1, -0.05) is 62.9 Å². The van der Waals surface area contributed by atoms with Crippen molar-refractivity contribution in [2.24, 2.45) is 29.2 Å². The Morgan fingerprint density at radius 1 is 0.617 bits per heavy atom. The van der Waals surface area contributed by atoms with E-state index in [-0.39, 0.29) is 58.5 Å². The predicted octanol–water partition coefficient (Wildman–Crippen LogP) is 11.5. The number of piperidine rings is 1. The molecule has 6 N–H and O–H groups in total. The van der Waals surface area contributed by atoms with E-state index in [0.717, 1.165) is 51.4 Å². The maximum Gasteiger partial charge on any atom is 0.405 e. The summed E-state index contributed by atoms with van der Waals surface area (Å²) in [6.07, 6.45) is 6.51. The second-order valence-electron chi connectivity index (χ2n) is 23.8. The first-order valence-corrected chi connectivity index (χ1v) is 29.1. The second-order valence-corrected chi connectivity index (χ2v) is 23.8. The van der Waals surface area contributed by atoms with Crippen molar-refractivity contribution in [1.82, 2.24) is 29.7 Å². The summed E-state index contributed by atoms with van der Waals surface area (Å²) in [5.41, 5.74) is 12.6. The van der Waals surface area contributed by atoms with Crippen molar-refractivity contribution in [3.05, 3.63) is 118 Å². The minimum absolute atomic E-state index is 0.0876. The molecular weight excluding hydrogens is 1040 g/mol. The van der Waals surface area contributed by atoms with Gasteiger partial charge in [0.15, 0.2) is 23.8 Å². The van der Waals surface area contributed by atoms with E-state index in [9.17, 15) is 19.2 Å². The van der Waals surface area contributed by atoms with Gasteiger partial charge in [-0.05, 0) is 119 Å². The number of anilines is 2. The number of rotatable bonds is 13. The lowest BCUT2D eigenvalue weighted by molar-refractivity contribution is -0.144. The average Bonchev–Trinajstić information content (AvgIpc) is 4.09. The molecule has 6 fully saturated rings. The number of imidazole rings is 2. The minimum atomic E-state index is -1.38. The number of carbonyl (C=O) groups excluding carboxylic acids is 4. The number of halogens is 4. The zero-order valence-electron chi connectivity index (χ0n) is 45.8. The Hall–Kier alpha value is -7.38. The van der Waals surface area contributed by atoms with Gasteiger partial charge in [-0.3, -0.25) is 9.59 Å². The van der Waals surface area contributed by atoms with E-state index in [0.29, 0.717) is 98.4 Å². The quantitative estimate of drug-likeness (QED) is 0.0804. The molecule has 20 heteroatoms. The highest BCUT2D eigenvalue weighted by Crippen LogP contribution is 2.56. The first-order valence-electron chi connectivity index (χ1n) is 29.1. The van der Waals surface area contributed by atoms with Gasteiger partial charge in [0.05, 0.1) is 45.7 Å². The van der Waals surface area contributed by atoms with Gasteiger partial charge in [0.2, 0.25) is 0 Å². The number of fused-ring (bicyclic) bond motifs is 2. The Kier molecular flexibility index (Phi) is 14.6. The Labute approximate surface area is 467 Å². The van der Waals surface area contributed by atoms with Gasteiger partial charge in [-0.2, -0.15) is 0 Å². The minimum Gasteiger partial charge on any atom is -0.436 e. The van der Waals surface area contributed by atoms with Gasteiger partial charge >= 0.3 is 12.2 Å². The zero-order valence-corrected chi connectivity index (χ0v) is 45.8. The smallest absolute Gasteiger partial charge is 0.405 e. The topological polar surface area (TPSA) is 209 Å². The largest absolute Gasteiger partial charge is 0.436 e. The van der Waals surface area contributed by atoms with Crippen LogP contribution in [0, 0.1) is 41.0 Å². The molecular formula is C61H70F4N10O6. The van der Waals surface area contributed by atoms with Crippen LogP contribution in [0.4, 0.5) is 38.5 Å². The number of hydrogen-bond donors (Lipinski definition) is 4. The highest BCUT2D eigenvalue weighted by atomic mass is 19.1. The van der Waals surface area contributed by atoms with Gasteiger partial charge in [-0.15, -0.1) is 0 Å². The number of likely N-dealkylation sites (tertiary alicyclic amines) is 2. The molecule has 81 heavy (non-hydrogen) atoms. The van der Waals surface area contributed by atoms with Crippen molar-refractivity contribution in [3.63, 3.8) is 0 Å². The number of nitrogens with one attached hydrogen (secondary N) is 2. The molecule has 0 bridgehead atoms. The molecule has 6 aromatic rings. The summed E-state index contributed by atoms with van der Waals surface area (Å²) in [5.74, 6) is -3.27. The fraction of sp³-hybridized carbons (Fsp3) is 0.508. The molecule has 2 aliphatic carbocycles. The number of carbonyl (C=O) groups is 4. The van der Waals surface area contributed by atoms with E-state index in [1.807, 2.05) is 32.0 Å². The second kappa shape index (κ2) is 21.8. The summed E-state index contributed by atoms with van der Waals surface area (Å²) in [5, 5.41) is 0. The third kappa shape index (κ3) is 9.97. The molecule has 4 saturated heterocycles. The number of benzene rings is 4. The normalized spacial score (nSPS) is 24.7. The number of H-pyrrole nitrogens is 2. The maximum absolute atomic E-state index is 17.4. The zero-order chi connectivity index (χ0) is 56.4. The van der Waals surface area contributed by atoms with Crippen molar-refractivity contribution < 1.29 is 46.2 Å². The van der Waals surface area contributed by atoms with E-state index in [2.05, 4.69) is 22.1 Å². The third-order valence-corrected chi connectivity index (χ3v) is 19.2. The van der Waals surface area contributed by atoms with E-state index in [1.54, 1.807) is 31.7 Å². The Bertz CT molecular complexity index is 3350. The molecule has 4 aromatic carbocycles. The van der Waals surface area contributed by atoms with Crippen LogP contribution in [-0.4, -0.2) is 92.1 Å². The average molecular weight is 1120 g/mol. The van der Waals surface area contributed by atoms with E-state index in [4.69, 9.17) is 30.9 Å². The van der Waals surface area contributed by atoms with Crippen molar-refractivity contribution >= 4 is 57.4 Å². The Morgan fingerprint density at radius 2 is 1.12 bits per heavy atom. The number of primary amides is 2. The van der Waals surface area contributed by atoms with Gasteiger partial charge in [-0.25, -0.2) is 37.1 Å².